The molecule has 0 bridgehead atoms. The lowest BCUT2D eigenvalue weighted by Gasteiger charge is -2.21. The van der Waals surface area contributed by atoms with E-state index in [4.69, 9.17) is 9.26 Å². The highest BCUT2D eigenvalue weighted by Crippen LogP contribution is 2.14. The molecule has 0 atom stereocenters. The van der Waals surface area contributed by atoms with Gasteiger partial charge in [-0.3, -0.25) is 0 Å². The number of hydrogen-bond donors (Lipinski definition) is 1. The SMILES string of the molecule is CC(C)CSCc1noc(COC2CCNCC2)n1. The van der Waals surface area contributed by atoms with Gasteiger partial charge in [0.1, 0.15) is 6.61 Å². The van der Waals surface area contributed by atoms with Gasteiger partial charge in [-0.25, -0.2) is 0 Å². The Morgan fingerprint density at radius 1 is 1.42 bits per heavy atom. The molecule has 1 aliphatic rings. The lowest BCUT2D eigenvalue weighted by atomic mass is 10.1. The van der Waals surface area contributed by atoms with Gasteiger partial charge in [-0.2, -0.15) is 16.7 Å². The van der Waals surface area contributed by atoms with E-state index in [1.54, 1.807) is 0 Å². The molecule has 1 fully saturated rings. The van der Waals surface area contributed by atoms with Gasteiger partial charge in [0.15, 0.2) is 5.82 Å². The molecule has 1 saturated heterocycles. The van der Waals surface area contributed by atoms with Crippen LogP contribution in [-0.2, 0) is 17.1 Å². The van der Waals surface area contributed by atoms with Crippen LogP contribution in [-0.4, -0.2) is 35.1 Å². The number of hydrogen-bond acceptors (Lipinski definition) is 6. The highest BCUT2D eigenvalue weighted by atomic mass is 32.2. The van der Waals surface area contributed by atoms with E-state index in [1.807, 2.05) is 11.8 Å². The van der Waals surface area contributed by atoms with Gasteiger partial charge in [0.05, 0.1) is 11.9 Å². The fourth-order valence-corrected chi connectivity index (χ4v) is 2.83. The van der Waals surface area contributed by atoms with Gasteiger partial charge in [0.25, 0.3) is 5.89 Å². The van der Waals surface area contributed by atoms with Gasteiger partial charge >= 0.3 is 0 Å². The summed E-state index contributed by atoms with van der Waals surface area (Å²) in [6, 6.07) is 0. The molecule has 0 aromatic carbocycles. The first-order valence-electron chi connectivity index (χ1n) is 6.95. The van der Waals surface area contributed by atoms with Crippen molar-refractivity contribution in [2.24, 2.45) is 5.92 Å². The lowest BCUT2D eigenvalue weighted by Crippen LogP contribution is -2.32. The largest absolute Gasteiger partial charge is 0.368 e. The molecule has 2 rings (SSSR count). The molecule has 19 heavy (non-hydrogen) atoms. The van der Waals surface area contributed by atoms with Crippen molar-refractivity contribution < 1.29 is 9.26 Å². The zero-order valence-electron chi connectivity index (χ0n) is 11.7. The Labute approximate surface area is 118 Å². The van der Waals surface area contributed by atoms with E-state index in [0.29, 0.717) is 24.5 Å². The fourth-order valence-electron chi connectivity index (χ4n) is 1.94. The summed E-state index contributed by atoms with van der Waals surface area (Å²) < 4.78 is 11.0. The maximum absolute atomic E-state index is 5.78. The van der Waals surface area contributed by atoms with E-state index in [2.05, 4.69) is 29.3 Å². The fraction of sp³-hybridized carbons (Fsp3) is 0.846. The second kappa shape index (κ2) is 7.87. The number of thioether (sulfide) groups is 1. The minimum atomic E-state index is 0.326. The Kier molecular flexibility index (Phi) is 6.13. The Morgan fingerprint density at radius 2 is 2.21 bits per heavy atom. The Hall–Kier alpha value is -0.590. The number of nitrogens with one attached hydrogen (secondary N) is 1. The van der Waals surface area contributed by atoms with Gasteiger partial charge in [0, 0.05) is 0 Å². The molecule has 2 heterocycles. The highest BCUT2D eigenvalue weighted by Gasteiger charge is 2.15. The van der Waals surface area contributed by atoms with Crippen LogP contribution in [0, 0.1) is 5.92 Å². The molecule has 1 N–H and O–H groups in total. The molecular weight excluding hydrogens is 262 g/mol. The van der Waals surface area contributed by atoms with Crippen molar-refractivity contribution in [1.29, 1.82) is 0 Å². The predicted molar refractivity (Wildman–Crippen MR) is 76.0 cm³/mol. The molecule has 1 aromatic rings. The third-order valence-corrected chi connectivity index (χ3v) is 4.29. The van der Waals surface area contributed by atoms with E-state index >= 15 is 0 Å². The number of ether oxygens (including phenoxy) is 1. The van der Waals surface area contributed by atoms with Crippen LogP contribution in [0.5, 0.6) is 0 Å². The van der Waals surface area contributed by atoms with E-state index in [9.17, 15) is 0 Å². The Morgan fingerprint density at radius 3 is 2.95 bits per heavy atom. The van der Waals surface area contributed by atoms with Crippen molar-refractivity contribution in [2.75, 3.05) is 18.8 Å². The minimum absolute atomic E-state index is 0.326. The van der Waals surface area contributed by atoms with Gasteiger partial charge in [-0.05, 0) is 37.6 Å². The Bertz CT molecular complexity index is 365. The topological polar surface area (TPSA) is 60.2 Å². The van der Waals surface area contributed by atoms with Crippen molar-refractivity contribution >= 4 is 11.8 Å². The van der Waals surface area contributed by atoms with Crippen LogP contribution < -0.4 is 5.32 Å². The maximum atomic E-state index is 5.78. The first-order valence-corrected chi connectivity index (χ1v) is 8.11. The molecule has 0 aliphatic carbocycles. The van der Waals surface area contributed by atoms with Crippen LogP contribution >= 0.6 is 11.8 Å². The molecule has 0 saturated carbocycles. The zero-order valence-corrected chi connectivity index (χ0v) is 12.5. The van der Waals surface area contributed by atoms with Crippen LogP contribution in [0.1, 0.15) is 38.4 Å². The van der Waals surface area contributed by atoms with E-state index in [1.165, 1.54) is 0 Å². The maximum Gasteiger partial charge on any atom is 0.252 e. The molecule has 108 valence electrons. The zero-order chi connectivity index (χ0) is 13.5. The van der Waals surface area contributed by atoms with E-state index in [0.717, 1.165) is 43.3 Å². The van der Waals surface area contributed by atoms with Gasteiger partial charge < -0.3 is 14.6 Å². The molecular formula is C13H23N3O2S. The first-order chi connectivity index (χ1) is 9.24. The lowest BCUT2D eigenvalue weighted by molar-refractivity contribution is 0.00859. The van der Waals surface area contributed by atoms with E-state index in [-0.39, 0.29) is 0 Å². The number of rotatable bonds is 7. The van der Waals surface area contributed by atoms with Crippen LogP contribution in [0.15, 0.2) is 4.52 Å². The monoisotopic (exact) mass is 285 g/mol. The molecule has 0 spiro atoms. The van der Waals surface area contributed by atoms with Crippen molar-refractivity contribution in [2.45, 2.75) is 45.2 Å². The summed E-state index contributed by atoms with van der Waals surface area (Å²) in [7, 11) is 0. The predicted octanol–water partition coefficient (Wildman–Crippen LogP) is 2.23. The molecule has 0 amide bonds. The smallest absolute Gasteiger partial charge is 0.252 e. The average Bonchev–Trinajstić information content (AvgIpc) is 2.85. The standard InChI is InChI=1S/C13H23N3O2S/c1-10(2)8-19-9-12-15-13(18-16-12)7-17-11-3-5-14-6-4-11/h10-11,14H,3-9H2,1-2H3. The summed E-state index contributed by atoms with van der Waals surface area (Å²) in [5.41, 5.74) is 0. The third-order valence-electron chi connectivity index (χ3n) is 2.92. The number of aromatic nitrogens is 2. The summed E-state index contributed by atoms with van der Waals surface area (Å²) in [5, 5.41) is 7.29. The van der Waals surface area contributed by atoms with Gasteiger partial charge in [-0.1, -0.05) is 19.0 Å². The minimum Gasteiger partial charge on any atom is -0.368 e. The summed E-state index contributed by atoms with van der Waals surface area (Å²) in [4.78, 5) is 4.35. The third kappa shape index (κ3) is 5.50. The number of nitrogens with zero attached hydrogens (tertiary/aromatic N) is 2. The summed E-state index contributed by atoms with van der Waals surface area (Å²) in [6.07, 6.45) is 2.45. The number of piperidine rings is 1. The van der Waals surface area contributed by atoms with Crippen LogP contribution in [0.25, 0.3) is 0 Å². The second-order valence-electron chi connectivity index (χ2n) is 5.27. The Balaban J connectivity index is 1.68. The molecule has 5 nitrogen and oxygen atoms in total. The normalized spacial score (nSPS) is 17.2. The summed E-state index contributed by atoms with van der Waals surface area (Å²) in [5.74, 6) is 4.00. The van der Waals surface area contributed by atoms with Crippen LogP contribution in [0.4, 0.5) is 0 Å². The molecule has 0 radical (unpaired) electrons. The summed E-state index contributed by atoms with van der Waals surface area (Å²) >= 11 is 1.84. The van der Waals surface area contributed by atoms with Crippen molar-refractivity contribution in [1.82, 2.24) is 15.5 Å². The molecule has 0 unspecified atom stereocenters. The van der Waals surface area contributed by atoms with Crippen molar-refractivity contribution in [3.8, 4) is 0 Å². The summed E-state index contributed by atoms with van der Waals surface area (Å²) in [6.45, 7) is 6.92. The quantitative estimate of drug-likeness (QED) is 0.829. The van der Waals surface area contributed by atoms with Crippen LogP contribution in [0.2, 0.25) is 0 Å². The highest BCUT2D eigenvalue weighted by molar-refractivity contribution is 7.98. The average molecular weight is 285 g/mol. The second-order valence-corrected chi connectivity index (χ2v) is 6.30. The van der Waals surface area contributed by atoms with Gasteiger partial charge in [0.2, 0.25) is 0 Å². The van der Waals surface area contributed by atoms with Crippen LogP contribution in [0.3, 0.4) is 0 Å². The first kappa shape index (κ1) is 14.8. The van der Waals surface area contributed by atoms with Crippen molar-refractivity contribution in [3.05, 3.63) is 11.7 Å². The van der Waals surface area contributed by atoms with Gasteiger partial charge in [-0.15, -0.1) is 0 Å². The van der Waals surface area contributed by atoms with E-state index < -0.39 is 0 Å². The van der Waals surface area contributed by atoms with Crippen molar-refractivity contribution in [3.63, 3.8) is 0 Å². The molecule has 1 aromatic heterocycles. The molecule has 6 heteroatoms. The molecule has 1 aliphatic heterocycles.